The molecule has 200 valence electrons. The predicted octanol–water partition coefficient (Wildman–Crippen LogP) is 4.38. The summed E-state index contributed by atoms with van der Waals surface area (Å²) < 4.78 is 13.1. The maximum atomic E-state index is 13.5. The van der Waals surface area contributed by atoms with Crippen LogP contribution in [0.5, 0.6) is 11.5 Å². The highest BCUT2D eigenvalue weighted by molar-refractivity contribution is 6.02. The van der Waals surface area contributed by atoms with Gasteiger partial charge in [-0.15, -0.1) is 0 Å². The summed E-state index contributed by atoms with van der Waals surface area (Å²) in [5, 5.41) is 4.17. The Balaban J connectivity index is 1.19. The van der Waals surface area contributed by atoms with Gasteiger partial charge in [0.15, 0.2) is 0 Å². The maximum absolute atomic E-state index is 13.5. The van der Waals surface area contributed by atoms with E-state index in [1.54, 1.807) is 7.11 Å². The molecule has 2 aliphatic heterocycles. The van der Waals surface area contributed by atoms with Gasteiger partial charge < -0.3 is 29.2 Å². The van der Waals surface area contributed by atoms with E-state index in [4.69, 9.17) is 9.47 Å². The van der Waals surface area contributed by atoms with Crippen molar-refractivity contribution in [2.75, 3.05) is 38.8 Å². The first kappa shape index (κ1) is 24.9. The number of carbonyl (C=O) groups is 2. The number of nitrogens with one attached hydrogen (secondary N) is 1. The summed E-state index contributed by atoms with van der Waals surface area (Å²) in [5.74, 6) is 1.52. The van der Waals surface area contributed by atoms with E-state index in [0.717, 1.165) is 40.4 Å². The molecule has 2 aliphatic rings. The highest BCUT2D eigenvalue weighted by atomic mass is 16.5. The van der Waals surface area contributed by atoms with Crippen molar-refractivity contribution >= 4 is 28.4 Å². The van der Waals surface area contributed by atoms with Crippen molar-refractivity contribution in [3.63, 3.8) is 0 Å². The lowest BCUT2D eigenvalue weighted by Gasteiger charge is -2.46. The highest BCUT2D eigenvalue weighted by Gasteiger charge is 2.42. The van der Waals surface area contributed by atoms with E-state index in [-0.39, 0.29) is 18.0 Å². The van der Waals surface area contributed by atoms with Gasteiger partial charge in [-0.2, -0.15) is 0 Å². The molecule has 8 heteroatoms. The lowest BCUT2D eigenvalue weighted by atomic mass is 9.96. The van der Waals surface area contributed by atoms with Crippen LogP contribution in [0.2, 0.25) is 0 Å². The van der Waals surface area contributed by atoms with Crippen LogP contribution < -0.4 is 19.7 Å². The molecule has 0 saturated heterocycles. The Kier molecular flexibility index (Phi) is 6.60. The number of rotatable bonds is 8. The number of ether oxygens (including phenoxy) is 2. The van der Waals surface area contributed by atoms with Crippen LogP contribution in [0.4, 0.5) is 5.69 Å². The summed E-state index contributed by atoms with van der Waals surface area (Å²) in [6.07, 6.45) is 0.898. The van der Waals surface area contributed by atoms with Crippen molar-refractivity contribution in [3.8, 4) is 11.5 Å². The van der Waals surface area contributed by atoms with Gasteiger partial charge in [-0.25, -0.2) is 0 Å². The number of carbonyl (C=O) groups excluding carboxylic acids is 2. The van der Waals surface area contributed by atoms with Crippen LogP contribution >= 0.6 is 0 Å². The van der Waals surface area contributed by atoms with E-state index < -0.39 is 0 Å². The van der Waals surface area contributed by atoms with Crippen molar-refractivity contribution in [1.82, 2.24) is 14.8 Å². The van der Waals surface area contributed by atoms with Gasteiger partial charge in [-0.1, -0.05) is 30.3 Å². The Hall–Kier alpha value is -4.46. The Bertz CT molecular complexity index is 1530. The molecule has 2 amide bonds. The van der Waals surface area contributed by atoms with E-state index in [9.17, 15) is 9.59 Å². The average Bonchev–Trinajstić information content (AvgIpc) is 3.30. The molecule has 0 bridgehead atoms. The number of methoxy groups -OCH3 is 1. The summed E-state index contributed by atoms with van der Waals surface area (Å²) in [6, 6.07) is 23.5. The number of aryl methyl sites for hydroxylation is 1. The van der Waals surface area contributed by atoms with Gasteiger partial charge in [-0.05, 0) is 54.4 Å². The smallest absolute Gasteiger partial charge is 0.257 e. The van der Waals surface area contributed by atoms with Crippen molar-refractivity contribution in [2.45, 2.75) is 25.6 Å². The fourth-order valence-electron chi connectivity index (χ4n) is 5.88. The molecule has 1 N–H and O–H groups in total. The van der Waals surface area contributed by atoms with Gasteiger partial charge in [0, 0.05) is 37.5 Å². The largest absolute Gasteiger partial charge is 0.497 e. The van der Waals surface area contributed by atoms with Crippen LogP contribution in [0.25, 0.3) is 10.9 Å². The number of hydrogen-bond acceptors (Lipinski definition) is 5. The first-order valence-electron chi connectivity index (χ1n) is 13.3. The zero-order valence-electron chi connectivity index (χ0n) is 22.2. The fourth-order valence-corrected chi connectivity index (χ4v) is 5.88. The van der Waals surface area contributed by atoms with Crippen molar-refractivity contribution < 1.29 is 19.1 Å². The van der Waals surface area contributed by atoms with Crippen LogP contribution in [0.3, 0.4) is 0 Å². The third-order valence-electron chi connectivity index (χ3n) is 7.72. The molecule has 0 saturated carbocycles. The molecule has 3 heterocycles. The lowest BCUT2D eigenvalue weighted by molar-refractivity contribution is -0.121. The molecule has 0 radical (unpaired) electrons. The standard InChI is InChI=1S/C31H32N4O4/c1-33-26-9-5-4-8-25(26)31(37)35-18-15-24-23-7-3-6-10-27(23)34(29(24)30(33)35)19-16-28(36)32-17-20-39-22-13-11-21(38-2)12-14-22/h3-14,30H,15-20H2,1-2H3,(H,32,36). The second-order valence-corrected chi connectivity index (χ2v) is 9.91. The van der Waals surface area contributed by atoms with Crippen molar-refractivity contribution in [2.24, 2.45) is 0 Å². The number of aromatic nitrogens is 1. The summed E-state index contributed by atoms with van der Waals surface area (Å²) in [6.45, 7) is 1.98. The molecule has 0 fully saturated rings. The van der Waals surface area contributed by atoms with Gasteiger partial charge in [0.1, 0.15) is 24.3 Å². The molecule has 1 aromatic heterocycles. The Morgan fingerprint density at radius 3 is 2.56 bits per heavy atom. The second-order valence-electron chi connectivity index (χ2n) is 9.91. The summed E-state index contributed by atoms with van der Waals surface area (Å²) in [7, 11) is 3.68. The van der Waals surface area contributed by atoms with Gasteiger partial charge in [0.05, 0.1) is 30.6 Å². The second kappa shape index (κ2) is 10.4. The molecule has 1 atom stereocenters. The van der Waals surface area contributed by atoms with E-state index in [0.29, 0.717) is 32.7 Å². The zero-order chi connectivity index (χ0) is 26.9. The topological polar surface area (TPSA) is 76.0 Å². The summed E-state index contributed by atoms with van der Waals surface area (Å²) >= 11 is 0. The number of anilines is 1. The quantitative estimate of drug-likeness (QED) is 0.346. The molecule has 0 spiro atoms. The van der Waals surface area contributed by atoms with Crippen LogP contribution in [-0.2, 0) is 17.8 Å². The molecular weight excluding hydrogens is 492 g/mol. The highest BCUT2D eigenvalue weighted by Crippen LogP contribution is 2.44. The molecule has 4 aromatic rings. The number of hydrogen-bond donors (Lipinski definition) is 1. The Labute approximate surface area is 227 Å². The number of benzene rings is 3. The van der Waals surface area contributed by atoms with Gasteiger partial charge in [-0.3, -0.25) is 9.59 Å². The minimum atomic E-state index is -0.218. The van der Waals surface area contributed by atoms with E-state index in [1.807, 2.05) is 59.5 Å². The first-order chi connectivity index (χ1) is 19.1. The third kappa shape index (κ3) is 4.46. The molecule has 1 unspecified atom stereocenters. The minimum Gasteiger partial charge on any atom is -0.497 e. The third-order valence-corrected chi connectivity index (χ3v) is 7.72. The molecule has 3 aromatic carbocycles. The van der Waals surface area contributed by atoms with E-state index in [1.165, 1.54) is 10.9 Å². The van der Waals surface area contributed by atoms with Crippen LogP contribution in [0.15, 0.2) is 72.8 Å². The summed E-state index contributed by atoms with van der Waals surface area (Å²) in [5.41, 5.74) is 5.13. The predicted molar refractivity (Wildman–Crippen MR) is 150 cm³/mol. The number of para-hydroxylation sites is 2. The average molecular weight is 525 g/mol. The molecule has 39 heavy (non-hydrogen) atoms. The zero-order valence-corrected chi connectivity index (χ0v) is 22.2. The van der Waals surface area contributed by atoms with Crippen LogP contribution in [-0.4, -0.2) is 55.1 Å². The maximum Gasteiger partial charge on any atom is 0.257 e. The summed E-state index contributed by atoms with van der Waals surface area (Å²) in [4.78, 5) is 30.5. The van der Waals surface area contributed by atoms with Crippen LogP contribution in [0.1, 0.15) is 34.2 Å². The Morgan fingerprint density at radius 1 is 1.00 bits per heavy atom. The lowest BCUT2D eigenvalue weighted by Crippen LogP contribution is -2.51. The SMILES string of the molecule is COc1ccc(OCCNC(=O)CCn2c3c(c4ccccc42)CCN2C(=O)c4ccccc4N(C)C32)cc1. The fraction of sp³-hybridized carbons (Fsp3) is 0.290. The molecule has 0 aliphatic carbocycles. The van der Waals surface area contributed by atoms with Gasteiger partial charge in [0.2, 0.25) is 5.91 Å². The normalized spacial score (nSPS) is 15.9. The first-order valence-corrected chi connectivity index (χ1v) is 13.3. The Morgan fingerprint density at radius 2 is 1.74 bits per heavy atom. The van der Waals surface area contributed by atoms with Crippen molar-refractivity contribution in [1.29, 1.82) is 0 Å². The van der Waals surface area contributed by atoms with Crippen molar-refractivity contribution in [3.05, 3.63) is 89.6 Å². The van der Waals surface area contributed by atoms with Crippen LogP contribution in [0, 0.1) is 0 Å². The van der Waals surface area contributed by atoms with E-state index in [2.05, 4.69) is 40.0 Å². The van der Waals surface area contributed by atoms with E-state index >= 15 is 0 Å². The molecule has 6 rings (SSSR count). The van der Waals surface area contributed by atoms with Gasteiger partial charge >= 0.3 is 0 Å². The number of nitrogens with zero attached hydrogens (tertiary/aromatic N) is 3. The molecule has 8 nitrogen and oxygen atoms in total. The number of fused-ring (bicyclic) bond motifs is 6. The molecular formula is C31H32N4O4. The monoisotopic (exact) mass is 524 g/mol. The van der Waals surface area contributed by atoms with Gasteiger partial charge in [0.25, 0.3) is 5.91 Å². The number of amides is 2. The minimum absolute atomic E-state index is 0.0362.